The normalized spacial score (nSPS) is 15.0. The Labute approximate surface area is 181 Å². The van der Waals surface area contributed by atoms with E-state index in [4.69, 9.17) is 16.3 Å². The lowest BCUT2D eigenvalue weighted by Gasteiger charge is -2.26. The van der Waals surface area contributed by atoms with Gasteiger partial charge >= 0.3 is 0 Å². The maximum absolute atomic E-state index is 14.3. The van der Waals surface area contributed by atoms with E-state index >= 15 is 0 Å². The van der Waals surface area contributed by atoms with Crippen molar-refractivity contribution in [2.45, 2.75) is 24.2 Å². The van der Waals surface area contributed by atoms with Crippen LogP contribution in [-0.4, -0.2) is 56.8 Å². The van der Waals surface area contributed by atoms with E-state index in [0.29, 0.717) is 23.9 Å². The van der Waals surface area contributed by atoms with Gasteiger partial charge in [0.25, 0.3) is 5.91 Å². The number of halogens is 2. The molecule has 0 atom stereocenters. The fourth-order valence-electron chi connectivity index (χ4n) is 3.23. The number of ether oxygens (including phenoxy) is 1. The van der Waals surface area contributed by atoms with Crippen LogP contribution in [-0.2, 0) is 10.0 Å². The zero-order chi connectivity index (χ0) is 21.7. The van der Waals surface area contributed by atoms with Crippen LogP contribution in [0.5, 0.6) is 5.75 Å². The van der Waals surface area contributed by atoms with Crippen molar-refractivity contribution in [3.05, 3.63) is 58.9 Å². The monoisotopic (exact) mass is 454 g/mol. The molecule has 0 radical (unpaired) electrons. The van der Waals surface area contributed by atoms with Crippen LogP contribution in [0.1, 0.15) is 29.6 Å². The molecule has 2 aromatic rings. The van der Waals surface area contributed by atoms with Gasteiger partial charge in [0.1, 0.15) is 23.1 Å². The summed E-state index contributed by atoms with van der Waals surface area (Å²) in [4.78, 5) is 13.7. The maximum atomic E-state index is 14.3. The first-order chi connectivity index (χ1) is 14.3. The molecule has 162 valence electrons. The second kappa shape index (κ2) is 9.76. The third-order valence-corrected chi connectivity index (χ3v) is 7.13. The zero-order valence-electron chi connectivity index (χ0n) is 16.7. The number of sulfonamides is 1. The van der Waals surface area contributed by atoms with Crippen LogP contribution >= 0.6 is 11.6 Å². The molecular weight excluding hydrogens is 431 g/mol. The number of amides is 1. The number of carbonyl (C=O) groups excluding carboxylic acids is 1. The highest BCUT2D eigenvalue weighted by molar-refractivity contribution is 7.89. The first kappa shape index (κ1) is 22.5. The van der Waals surface area contributed by atoms with Gasteiger partial charge in [-0.3, -0.25) is 4.79 Å². The number of carbonyl (C=O) groups is 1. The Kier molecular flexibility index (Phi) is 7.33. The molecule has 1 aliphatic heterocycles. The Bertz CT molecular complexity index is 993. The van der Waals surface area contributed by atoms with E-state index in [1.54, 1.807) is 31.3 Å². The number of benzene rings is 2. The summed E-state index contributed by atoms with van der Waals surface area (Å²) in [6.45, 7) is 1.24. The van der Waals surface area contributed by atoms with E-state index in [9.17, 15) is 17.6 Å². The molecule has 0 spiro atoms. The predicted octanol–water partition coefficient (Wildman–Crippen LogP) is 3.80. The van der Waals surface area contributed by atoms with E-state index in [-0.39, 0.29) is 18.7 Å². The topological polar surface area (TPSA) is 66.9 Å². The standard InChI is InChI=1S/C21H24ClFN2O4S/c1-24(13-14-29-18-8-6-17(22)7-9-18)21(26)16-5-10-19(23)20(15-16)30(27,28)25-11-3-2-4-12-25/h5-10,15H,2-4,11-14H2,1H3. The van der Waals surface area contributed by atoms with Crippen molar-refractivity contribution in [2.75, 3.05) is 33.3 Å². The molecule has 0 saturated carbocycles. The number of hydrogen-bond acceptors (Lipinski definition) is 4. The summed E-state index contributed by atoms with van der Waals surface area (Å²) >= 11 is 5.83. The highest BCUT2D eigenvalue weighted by atomic mass is 35.5. The Morgan fingerprint density at radius 1 is 1.13 bits per heavy atom. The predicted molar refractivity (Wildman–Crippen MR) is 113 cm³/mol. The molecule has 30 heavy (non-hydrogen) atoms. The van der Waals surface area contributed by atoms with Gasteiger partial charge in [-0.2, -0.15) is 4.31 Å². The molecule has 0 unspecified atom stereocenters. The zero-order valence-corrected chi connectivity index (χ0v) is 18.3. The van der Waals surface area contributed by atoms with Crippen LogP contribution in [0, 0.1) is 5.82 Å². The van der Waals surface area contributed by atoms with E-state index < -0.39 is 26.6 Å². The van der Waals surface area contributed by atoms with Crippen LogP contribution in [0.3, 0.4) is 0 Å². The Morgan fingerprint density at radius 3 is 2.47 bits per heavy atom. The van der Waals surface area contributed by atoms with Crippen LogP contribution in [0.25, 0.3) is 0 Å². The lowest BCUT2D eigenvalue weighted by molar-refractivity contribution is 0.0773. The highest BCUT2D eigenvalue weighted by Crippen LogP contribution is 2.24. The molecule has 0 aromatic heterocycles. The summed E-state index contributed by atoms with van der Waals surface area (Å²) in [5.74, 6) is -0.646. The Balaban J connectivity index is 1.68. The number of nitrogens with zero attached hydrogens (tertiary/aromatic N) is 2. The Morgan fingerprint density at radius 2 is 1.80 bits per heavy atom. The minimum atomic E-state index is -3.98. The quantitative estimate of drug-likeness (QED) is 0.638. The van der Waals surface area contributed by atoms with E-state index in [0.717, 1.165) is 31.4 Å². The van der Waals surface area contributed by atoms with E-state index in [2.05, 4.69) is 0 Å². The van der Waals surface area contributed by atoms with Crippen molar-refractivity contribution in [1.29, 1.82) is 0 Å². The maximum Gasteiger partial charge on any atom is 0.253 e. The fraction of sp³-hybridized carbons (Fsp3) is 0.381. The Hall–Kier alpha value is -2.16. The fourth-order valence-corrected chi connectivity index (χ4v) is 4.97. The first-order valence-corrected chi connectivity index (χ1v) is 11.5. The number of piperidine rings is 1. The third kappa shape index (κ3) is 5.30. The number of likely N-dealkylation sites (N-methyl/N-ethyl adjacent to an activating group) is 1. The minimum Gasteiger partial charge on any atom is -0.492 e. The van der Waals surface area contributed by atoms with Crippen LogP contribution in [0.4, 0.5) is 4.39 Å². The SMILES string of the molecule is CN(CCOc1ccc(Cl)cc1)C(=O)c1ccc(F)c(S(=O)(=O)N2CCCCC2)c1. The van der Waals surface area contributed by atoms with Gasteiger partial charge in [0, 0.05) is 30.7 Å². The molecule has 0 bridgehead atoms. The lowest BCUT2D eigenvalue weighted by atomic mass is 10.2. The molecule has 0 aliphatic carbocycles. The molecule has 1 fully saturated rings. The lowest BCUT2D eigenvalue weighted by Crippen LogP contribution is -2.36. The molecule has 1 aliphatic rings. The molecule has 6 nitrogen and oxygen atoms in total. The summed E-state index contributed by atoms with van der Waals surface area (Å²) in [6.07, 6.45) is 2.45. The summed E-state index contributed by atoms with van der Waals surface area (Å²) in [5, 5.41) is 0.598. The van der Waals surface area contributed by atoms with Gasteiger partial charge in [0.15, 0.2) is 0 Å². The van der Waals surface area contributed by atoms with Gasteiger partial charge in [-0.25, -0.2) is 12.8 Å². The van der Waals surface area contributed by atoms with Gasteiger partial charge in [0.2, 0.25) is 10.0 Å². The van der Waals surface area contributed by atoms with Crippen molar-refractivity contribution in [3.63, 3.8) is 0 Å². The van der Waals surface area contributed by atoms with Crippen molar-refractivity contribution < 1.29 is 22.3 Å². The summed E-state index contributed by atoms with van der Waals surface area (Å²) in [5.41, 5.74) is 0.112. The van der Waals surface area contributed by atoms with Crippen molar-refractivity contribution >= 4 is 27.5 Å². The van der Waals surface area contributed by atoms with Crippen molar-refractivity contribution in [2.24, 2.45) is 0 Å². The van der Waals surface area contributed by atoms with Crippen LogP contribution < -0.4 is 4.74 Å². The molecule has 0 N–H and O–H groups in total. The highest BCUT2D eigenvalue weighted by Gasteiger charge is 2.29. The first-order valence-electron chi connectivity index (χ1n) is 9.72. The summed E-state index contributed by atoms with van der Waals surface area (Å²) < 4.78 is 46.9. The summed E-state index contributed by atoms with van der Waals surface area (Å²) in [6, 6.07) is 10.3. The molecule has 1 amide bonds. The van der Waals surface area contributed by atoms with E-state index in [1.165, 1.54) is 15.3 Å². The average molecular weight is 455 g/mol. The smallest absolute Gasteiger partial charge is 0.253 e. The molecule has 1 saturated heterocycles. The van der Waals surface area contributed by atoms with Gasteiger partial charge in [-0.05, 0) is 55.3 Å². The average Bonchev–Trinajstić information content (AvgIpc) is 2.75. The van der Waals surface area contributed by atoms with Gasteiger partial charge in [-0.1, -0.05) is 18.0 Å². The van der Waals surface area contributed by atoms with Gasteiger partial charge < -0.3 is 9.64 Å². The van der Waals surface area contributed by atoms with Crippen LogP contribution in [0.15, 0.2) is 47.4 Å². The third-order valence-electron chi connectivity index (χ3n) is 4.97. The van der Waals surface area contributed by atoms with Gasteiger partial charge in [-0.15, -0.1) is 0 Å². The second-order valence-electron chi connectivity index (χ2n) is 7.14. The number of hydrogen-bond donors (Lipinski definition) is 0. The van der Waals surface area contributed by atoms with Crippen LogP contribution in [0.2, 0.25) is 5.02 Å². The second-order valence-corrected chi connectivity index (χ2v) is 9.48. The molecule has 9 heteroatoms. The molecule has 1 heterocycles. The molecule has 2 aromatic carbocycles. The van der Waals surface area contributed by atoms with Crippen molar-refractivity contribution in [1.82, 2.24) is 9.21 Å². The summed E-state index contributed by atoms with van der Waals surface area (Å²) in [7, 11) is -2.40. The number of rotatable bonds is 7. The van der Waals surface area contributed by atoms with Gasteiger partial charge in [0.05, 0.1) is 6.54 Å². The molecule has 3 rings (SSSR count). The largest absolute Gasteiger partial charge is 0.492 e. The molecular formula is C21H24ClFN2O4S. The van der Waals surface area contributed by atoms with E-state index in [1.807, 2.05) is 0 Å². The van der Waals surface area contributed by atoms with Crippen molar-refractivity contribution in [3.8, 4) is 5.75 Å². The minimum absolute atomic E-state index is 0.112.